The van der Waals surface area contributed by atoms with Gasteiger partial charge >= 0.3 is 5.97 Å². The first-order valence-electron chi connectivity index (χ1n) is 10.2. The number of benzene rings is 3. The molecule has 1 N–H and O–H groups in total. The molecule has 0 spiro atoms. The van der Waals surface area contributed by atoms with Gasteiger partial charge in [0.1, 0.15) is 0 Å². The van der Waals surface area contributed by atoms with Crippen LogP contribution in [0.5, 0.6) is 0 Å². The van der Waals surface area contributed by atoms with Gasteiger partial charge in [-0.3, -0.25) is 4.99 Å². The molecule has 4 nitrogen and oxygen atoms in total. The Morgan fingerprint density at radius 1 is 0.903 bits per heavy atom. The molecule has 0 unspecified atom stereocenters. The number of hydrogen-bond donors (Lipinski definition) is 1. The average Bonchev–Trinajstić information content (AvgIpc) is 3.38. The van der Waals surface area contributed by atoms with Crippen LogP contribution in [0.1, 0.15) is 38.2 Å². The normalized spacial score (nSPS) is 14.0. The molecule has 2 heterocycles. The minimum Gasteiger partial charge on any atom is -0.465 e. The molecule has 4 heteroatoms. The zero-order valence-corrected chi connectivity index (χ0v) is 17.7. The predicted molar refractivity (Wildman–Crippen MR) is 126 cm³/mol. The molecule has 31 heavy (non-hydrogen) atoms. The molecule has 1 aromatic heterocycles. The van der Waals surface area contributed by atoms with Gasteiger partial charge in [-0.2, -0.15) is 0 Å². The van der Waals surface area contributed by atoms with Crippen molar-refractivity contribution in [3.63, 3.8) is 0 Å². The second-order valence-corrected chi connectivity index (χ2v) is 7.89. The second kappa shape index (κ2) is 7.40. The van der Waals surface area contributed by atoms with Crippen molar-refractivity contribution in [1.82, 2.24) is 4.98 Å². The first kappa shape index (κ1) is 19.1. The highest BCUT2D eigenvalue weighted by atomic mass is 16.5. The van der Waals surface area contributed by atoms with Crippen LogP contribution in [0.4, 0.5) is 5.69 Å². The third-order valence-electron chi connectivity index (χ3n) is 5.75. The molecule has 3 aromatic carbocycles. The van der Waals surface area contributed by atoms with Crippen LogP contribution in [0.15, 0.2) is 71.9 Å². The Kier molecular flexibility index (Phi) is 4.55. The minimum atomic E-state index is -0.341. The smallest absolute Gasteiger partial charge is 0.337 e. The largest absolute Gasteiger partial charge is 0.465 e. The molecule has 0 radical (unpaired) electrons. The Hall–Kier alpha value is -3.92. The highest BCUT2D eigenvalue weighted by Crippen LogP contribution is 2.41. The fourth-order valence-electron chi connectivity index (χ4n) is 4.17. The number of hydrogen-bond acceptors (Lipinski definition) is 3. The van der Waals surface area contributed by atoms with Crippen LogP contribution in [0, 0.1) is 13.8 Å². The van der Waals surface area contributed by atoms with Gasteiger partial charge in [0, 0.05) is 45.6 Å². The molecule has 0 aliphatic carbocycles. The summed E-state index contributed by atoms with van der Waals surface area (Å²) < 4.78 is 4.86. The topological polar surface area (TPSA) is 54.4 Å². The number of methoxy groups -OCH3 is 1. The van der Waals surface area contributed by atoms with E-state index in [1.165, 1.54) is 18.2 Å². The number of nitrogens with zero attached hydrogens (tertiary/aromatic N) is 1. The van der Waals surface area contributed by atoms with Gasteiger partial charge in [0.25, 0.3) is 0 Å². The number of H-pyrrole nitrogens is 1. The first-order valence-corrected chi connectivity index (χ1v) is 10.2. The number of aromatic amines is 1. The van der Waals surface area contributed by atoms with Gasteiger partial charge in [-0.1, -0.05) is 35.4 Å². The van der Waals surface area contributed by atoms with Crippen LogP contribution in [0.25, 0.3) is 22.0 Å². The van der Waals surface area contributed by atoms with E-state index in [0.717, 1.165) is 44.4 Å². The number of ether oxygens (including phenoxy) is 1. The maximum Gasteiger partial charge on any atom is 0.337 e. The number of carbonyl (C=O) groups is 1. The minimum absolute atomic E-state index is 0.341. The number of carbonyl (C=O) groups excluding carboxylic acids is 1. The summed E-state index contributed by atoms with van der Waals surface area (Å²) >= 11 is 0. The Morgan fingerprint density at radius 3 is 2.39 bits per heavy atom. The van der Waals surface area contributed by atoms with E-state index < -0.39 is 0 Å². The van der Waals surface area contributed by atoms with Gasteiger partial charge in [0.15, 0.2) is 0 Å². The summed E-state index contributed by atoms with van der Waals surface area (Å²) in [5, 5.41) is 1.16. The van der Waals surface area contributed by atoms with Crippen LogP contribution in [0.2, 0.25) is 0 Å². The zero-order chi connectivity index (χ0) is 21.5. The van der Waals surface area contributed by atoms with E-state index in [1.54, 1.807) is 0 Å². The third-order valence-corrected chi connectivity index (χ3v) is 5.75. The quantitative estimate of drug-likeness (QED) is 0.409. The molecule has 0 saturated heterocycles. The lowest BCUT2D eigenvalue weighted by Gasteiger charge is -2.13. The summed E-state index contributed by atoms with van der Waals surface area (Å²) in [7, 11) is 1.40. The third kappa shape index (κ3) is 3.26. The zero-order valence-electron chi connectivity index (χ0n) is 17.7. The van der Waals surface area contributed by atoms with Crippen LogP contribution < -0.4 is 0 Å². The molecule has 0 amide bonds. The number of aromatic nitrogens is 1. The van der Waals surface area contributed by atoms with E-state index in [-0.39, 0.29) is 5.97 Å². The standard InChI is InChI=1S/C27H22N2O2/c1-16-4-10-24-20(12-16)22(14-28-24)26(18-6-8-19(9-7-18)27(30)31-3)23-15-29-25-11-5-17(2)13-21(23)25/h4-15,28H,1-3H3/b26-23+. The SMILES string of the molecule is COC(=O)c1ccc(/C(=C2/C=Nc3ccc(C)cc32)c2c[nH]c3ccc(C)cc23)cc1. The average molecular weight is 406 g/mol. The molecule has 4 aromatic rings. The lowest BCUT2D eigenvalue weighted by Crippen LogP contribution is -2.01. The lowest BCUT2D eigenvalue weighted by atomic mass is 9.89. The Bertz CT molecular complexity index is 1390. The van der Waals surface area contributed by atoms with Crippen LogP contribution in [-0.2, 0) is 4.74 Å². The van der Waals surface area contributed by atoms with Crippen molar-refractivity contribution in [2.24, 2.45) is 4.99 Å². The van der Waals surface area contributed by atoms with Crippen molar-refractivity contribution in [1.29, 1.82) is 0 Å². The first-order chi connectivity index (χ1) is 15.0. The number of nitrogens with one attached hydrogen (secondary N) is 1. The van der Waals surface area contributed by atoms with Crippen molar-refractivity contribution in [2.75, 3.05) is 7.11 Å². The van der Waals surface area contributed by atoms with Gasteiger partial charge in [-0.15, -0.1) is 0 Å². The van der Waals surface area contributed by atoms with Crippen molar-refractivity contribution in [3.8, 4) is 0 Å². The van der Waals surface area contributed by atoms with Crippen LogP contribution >= 0.6 is 0 Å². The number of esters is 1. The van der Waals surface area contributed by atoms with E-state index in [4.69, 9.17) is 4.74 Å². The van der Waals surface area contributed by atoms with Gasteiger partial charge in [0.2, 0.25) is 0 Å². The molecule has 0 fully saturated rings. The number of rotatable bonds is 3. The number of fused-ring (bicyclic) bond motifs is 2. The molecular weight excluding hydrogens is 384 g/mol. The molecule has 1 aliphatic rings. The molecule has 5 rings (SSSR count). The number of allylic oxidation sites excluding steroid dienone is 1. The van der Waals surface area contributed by atoms with E-state index >= 15 is 0 Å². The van der Waals surface area contributed by atoms with E-state index in [2.05, 4.69) is 66.4 Å². The molecular formula is C27H22N2O2. The van der Waals surface area contributed by atoms with Gasteiger partial charge < -0.3 is 9.72 Å². The van der Waals surface area contributed by atoms with Crippen LogP contribution in [0.3, 0.4) is 0 Å². The van der Waals surface area contributed by atoms with Gasteiger partial charge in [-0.05, 0) is 55.8 Å². The fraction of sp³-hybridized carbons (Fsp3) is 0.111. The van der Waals surface area contributed by atoms with E-state index in [0.29, 0.717) is 5.56 Å². The summed E-state index contributed by atoms with van der Waals surface area (Å²) in [5.41, 5.74) is 10.4. The van der Waals surface area contributed by atoms with Crippen LogP contribution in [-0.4, -0.2) is 24.3 Å². The summed E-state index contributed by atoms with van der Waals surface area (Å²) in [6.07, 6.45) is 4.00. The van der Waals surface area contributed by atoms with Crippen molar-refractivity contribution in [3.05, 3.63) is 100 Å². The Labute approximate surface area is 180 Å². The molecule has 0 bridgehead atoms. The van der Waals surface area contributed by atoms with Gasteiger partial charge in [-0.25, -0.2) is 4.79 Å². The number of aliphatic imine (C=N–C) groups is 1. The second-order valence-electron chi connectivity index (χ2n) is 7.89. The summed E-state index contributed by atoms with van der Waals surface area (Å²) in [4.78, 5) is 20.0. The summed E-state index contributed by atoms with van der Waals surface area (Å²) in [5.74, 6) is -0.341. The molecule has 152 valence electrons. The highest BCUT2D eigenvalue weighted by Gasteiger charge is 2.21. The van der Waals surface area contributed by atoms with E-state index in [1.807, 2.05) is 30.5 Å². The van der Waals surface area contributed by atoms with Crippen molar-refractivity contribution in [2.45, 2.75) is 13.8 Å². The Morgan fingerprint density at radius 2 is 1.61 bits per heavy atom. The Balaban J connectivity index is 1.79. The molecule has 0 atom stereocenters. The summed E-state index contributed by atoms with van der Waals surface area (Å²) in [6, 6.07) is 20.3. The summed E-state index contributed by atoms with van der Waals surface area (Å²) in [6.45, 7) is 4.19. The molecule has 1 aliphatic heterocycles. The molecule has 0 saturated carbocycles. The fourth-order valence-corrected chi connectivity index (χ4v) is 4.17. The van der Waals surface area contributed by atoms with Crippen molar-refractivity contribution >= 4 is 39.9 Å². The van der Waals surface area contributed by atoms with Crippen molar-refractivity contribution < 1.29 is 9.53 Å². The van der Waals surface area contributed by atoms with Gasteiger partial charge in [0.05, 0.1) is 18.4 Å². The number of aryl methyl sites for hydroxylation is 2. The monoisotopic (exact) mass is 406 g/mol. The predicted octanol–water partition coefficient (Wildman–Crippen LogP) is 6.25. The lowest BCUT2D eigenvalue weighted by molar-refractivity contribution is 0.0600. The highest BCUT2D eigenvalue weighted by molar-refractivity contribution is 6.27. The van der Waals surface area contributed by atoms with E-state index in [9.17, 15) is 4.79 Å². The maximum absolute atomic E-state index is 11.9. The maximum atomic E-state index is 11.9.